The van der Waals surface area contributed by atoms with Crippen molar-refractivity contribution < 1.29 is 4.79 Å². The van der Waals surface area contributed by atoms with Crippen LogP contribution >= 0.6 is 0 Å². The second-order valence-electron chi connectivity index (χ2n) is 5.24. The molecule has 1 saturated heterocycles. The maximum Gasteiger partial charge on any atom is 0.267 e. The highest BCUT2D eigenvalue weighted by molar-refractivity contribution is 5.92. The van der Waals surface area contributed by atoms with Crippen LogP contribution in [-0.4, -0.2) is 54.6 Å². The first kappa shape index (κ1) is 14.1. The molecule has 2 rings (SSSR count). The Bertz CT molecular complexity index is 407. The highest BCUT2D eigenvalue weighted by Gasteiger charge is 2.13. The van der Waals surface area contributed by atoms with Gasteiger partial charge in [0.1, 0.15) is 5.69 Å². The number of carbonyl (C=O) groups is 1. The van der Waals surface area contributed by atoms with Crippen molar-refractivity contribution in [1.29, 1.82) is 0 Å². The van der Waals surface area contributed by atoms with Gasteiger partial charge >= 0.3 is 0 Å². The van der Waals surface area contributed by atoms with Crippen LogP contribution in [0.5, 0.6) is 0 Å². The summed E-state index contributed by atoms with van der Waals surface area (Å²) < 4.78 is 2.00. The monoisotopic (exact) mass is 264 g/mol. The molecule has 0 aromatic carbocycles. The molecule has 1 aromatic heterocycles. The third-order valence-corrected chi connectivity index (χ3v) is 3.49. The van der Waals surface area contributed by atoms with E-state index in [9.17, 15) is 4.79 Å². The summed E-state index contributed by atoms with van der Waals surface area (Å²) in [5.74, 6) is 0.0221. The summed E-state index contributed by atoms with van der Waals surface area (Å²) in [6.07, 6.45) is 1.95. The summed E-state index contributed by atoms with van der Waals surface area (Å²) in [6.45, 7) is 10.0. The number of aromatic nitrogens is 1. The maximum absolute atomic E-state index is 12.1. The minimum absolute atomic E-state index is 0.0221. The van der Waals surface area contributed by atoms with Gasteiger partial charge in [0.2, 0.25) is 0 Å². The van der Waals surface area contributed by atoms with Gasteiger partial charge in [0.15, 0.2) is 0 Å². The van der Waals surface area contributed by atoms with E-state index in [1.165, 1.54) is 0 Å². The average Bonchev–Trinajstić information content (AvgIpc) is 2.89. The Kier molecular flexibility index (Phi) is 4.99. The molecule has 0 aliphatic carbocycles. The lowest BCUT2D eigenvalue weighted by Crippen LogP contribution is -2.46. The number of nitrogens with zero attached hydrogens (tertiary/aromatic N) is 2. The predicted octanol–water partition coefficient (Wildman–Crippen LogP) is 0.704. The lowest BCUT2D eigenvalue weighted by Gasteiger charge is -2.27. The normalized spacial score (nSPS) is 16.8. The lowest BCUT2D eigenvalue weighted by molar-refractivity contribution is 0.0936. The van der Waals surface area contributed by atoms with Crippen molar-refractivity contribution in [2.45, 2.75) is 19.9 Å². The highest BCUT2D eigenvalue weighted by Crippen LogP contribution is 2.10. The molecule has 0 radical (unpaired) electrons. The molecule has 0 atom stereocenters. The lowest BCUT2D eigenvalue weighted by atomic mass is 10.3. The van der Waals surface area contributed by atoms with Gasteiger partial charge < -0.3 is 15.2 Å². The van der Waals surface area contributed by atoms with Gasteiger partial charge in [-0.15, -0.1) is 0 Å². The van der Waals surface area contributed by atoms with Crippen molar-refractivity contribution in [2.75, 3.05) is 39.3 Å². The van der Waals surface area contributed by atoms with E-state index in [1.807, 2.05) is 22.9 Å². The zero-order chi connectivity index (χ0) is 13.7. The molecule has 2 heterocycles. The number of nitrogens with one attached hydrogen (secondary N) is 2. The van der Waals surface area contributed by atoms with Crippen LogP contribution in [0.3, 0.4) is 0 Å². The Hall–Kier alpha value is -1.33. The van der Waals surface area contributed by atoms with Crippen LogP contribution < -0.4 is 10.6 Å². The third-order valence-electron chi connectivity index (χ3n) is 3.49. The van der Waals surface area contributed by atoms with E-state index in [1.54, 1.807) is 0 Å². The molecule has 1 aromatic rings. The molecule has 0 unspecified atom stereocenters. The van der Waals surface area contributed by atoms with E-state index in [2.05, 4.69) is 29.4 Å². The Morgan fingerprint density at radius 2 is 2.16 bits per heavy atom. The Labute approximate surface area is 115 Å². The zero-order valence-electron chi connectivity index (χ0n) is 11.9. The first-order chi connectivity index (χ1) is 9.18. The highest BCUT2D eigenvalue weighted by atomic mass is 16.1. The van der Waals surface area contributed by atoms with Crippen molar-refractivity contribution >= 4 is 5.91 Å². The van der Waals surface area contributed by atoms with Crippen LogP contribution in [0.1, 0.15) is 30.4 Å². The standard InChI is InChI=1S/C14H24N4O/c1-12(2)18-8-3-4-13(18)14(19)16-7-11-17-9-5-15-6-10-17/h3-4,8,12,15H,5-7,9-11H2,1-2H3,(H,16,19). The van der Waals surface area contributed by atoms with Crippen molar-refractivity contribution in [2.24, 2.45) is 0 Å². The summed E-state index contributed by atoms with van der Waals surface area (Å²) in [4.78, 5) is 14.5. The number of carbonyl (C=O) groups excluding carboxylic acids is 1. The van der Waals surface area contributed by atoms with Gasteiger partial charge in [0.05, 0.1) is 0 Å². The van der Waals surface area contributed by atoms with Gasteiger partial charge in [0.25, 0.3) is 5.91 Å². The van der Waals surface area contributed by atoms with Gasteiger partial charge in [-0.05, 0) is 26.0 Å². The molecule has 1 amide bonds. The van der Waals surface area contributed by atoms with E-state index in [4.69, 9.17) is 0 Å². The summed E-state index contributed by atoms with van der Waals surface area (Å²) in [5.41, 5.74) is 0.746. The van der Waals surface area contributed by atoms with E-state index < -0.39 is 0 Å². The fourth-order valence-corrected chi connectivity index (χ4v) is 2.39. The van der Waals surface area contributed by atoms with Crippen molar-refractivity contribution in [1.82, 2.24) is 20.1 Å². The molecule has 1 aliphatic heterocycles. The second kappa shape index (κ2) is 6.73. The third kappa shape index (κ3) is 3.81. The van der Waals surface area contributed by atoms with Gasteiger partial charge in [-0.3, -0.25) is 9.69 Å². The van der Waals surface area contributed by atoms with E-state index in [-0.39, 0.29) is 5.91 Å². The van der Waals surface area contributed by atoms with E-state index >= 15 is 0 Å². The second-order valence-corrected chi connectivity index (χ2v) is 5.24. The fourth-order valence-electron chi connectivity index (χ4n) is 2.39. The largest absolute Gasteiger partial charge is 0.349 e. The molecule has 106 valence electrons. The van der Waals surface area contributed by atoms with Crippen molar-refractivity contribution in [3.63, 3.8) is 0 Å². The van der Waals surface area contributed by atoms with Gasteiger partial charge in [-0.25, -0.2) is 0 Å². The quantitative estimate of drug-likeness (QED) is 0.823. The molecule has 19 heavy (non-hydrogen) atoms. The van der Waals surface area contributed by atoms with Crippen LogP contribution in [-0.2, 0) is 0 Å². The van der Waals surface area contributed by atoms with Crippen LogP contribution in [0, 0.1) is 0 Å². The molecular formula is C14H24N4O. The van der Waals surface area contributed by atoms with Gasteiger partial charge in [0, 0.05) is 51.5 Å². The summed E-state index contributed by atoms with van der Waals surface area (Å²) in [5, 5.41) is 6.33. The molecule has 0 bridgehead atoms. The summed E-state index contributed by atoms with van der Waals surface area (Å²) in [6, 6.07) is 4.11. The number of hydrogen-bond acceptors (Lipinski definition) is 3. The number of piperazine rings is 1. The first-order valence-corrected chi connectivity index (χ1v) is 7.06. The smallest absolute Gasteiger partial charge is 0.267 e. The average molecular weight is 264 g/mol. The van der Waals surface area contributed by atoms with Crippen LogP contribution in [0.25, 0.3) is 0 Å². The van der Waals surface area contributed by atoms with E-state index in [0.29, 0.717) is 12.6 Å². The topological polar surface area (TPSA) is 49.3 Å². The Morgan fingerprint density at radius 1 is 1.42 bits per heavy atom. The predicted molar refractivity (Wildman–Crippen MR) is 76.5 cm³/mol. The van der Waals surface area contributed by atoms with Crippen LogP contribution in [0.2, 0.25) is 0 Å². The molecule has 0 saturated carbocycles. The SMILES string of the molecule is CC(C)n1cccc1C(=O)NCCN1CCNCC1. The Morgan fingerprint density at radius 3 is 2.84 bits per heavy atom. The van der Waals surface area contributed by atoms with Crippen LogP contribution in [0.4, 0.5) is 0 Å². The van der Waals surface area contributed by atoms with Crippen LogP contribution in [0.15, 0.2) is 18.3 Å². The number of amides is 1. The molecular weight excluding hydrogens is 240 g/mol. The number of rotatable bonds is 5. The maximum atomic E-state index is 12.1. The molecule has 2 N–H and O–H groups in total. The summed E-state index contributed by atoms with van der Waals surface area (Å²) in [7, 11) is 0. The van der Waals surface area contributed by atoms with E-state index in [0.717, 1.165) is 38.4 Å². The number of hydrogen-bond donors (Lipinski definition) is 2. The molecule has 1 aliphatic rings. The molecule has 1 fully saturated rings. The van der Waals surface area contributed by atoms with Crippen molar-refractivity contribution in [3.05, 3.63) is 24.0 Å². The molecule has 0 spiro atoms. The fraction of sp³-hybridized carbons (Fsp3) is 0.643. The van der Waals surface area contributed by atoms with Crippen molar-refractivity contribution in [3.8, 4) is 0 Å². The zero-order valence-corrected chi connectivity index (χ0v) is 11.9. The minimum Gasteiger partial charge on any atom is -0.349 e. The minimum atomic E-state index is 0.0221. The first-order valence-electron chi connectivity index (χ1n) is 7.06. The molecule has 5 heteroatoms. The summed E-state index contributed by atoms with van der Waals surface area (Å²) >= 11 is 0. The molecule has 5 nitrogen and oxygen atoms in total. The van der Waals surface area contributed by atoms with Gasteiger partial charge in [-0.2, -0.15) is 0 Å². The van der Waals surface area contributed by atoms with Gasteiger partial charge in [-0.1, -0.05) is 0 Å². The Balaban J connectivity index is 1.79.